The van der Waals surface area contributed by atoms with E-state index < -0.39 is 0 Å². The lowest BCUT2D eigenvalue weighted by molar-refractivity contribution is 0.0594. The van der Waals surface area contributed by atoms with Crippen molar-refractivity contribution in [2.24, 2.45) is 0 Å². The largest absolute Gasteiger partial charge is 0.486 e. The minimum absolute atomic E-state index is 0.0843. The zero-order valence-corrected chi connectivity index (χ0v) is 16.7. The van der Waals surface area contributed by atoms with Gasteiger partial charge in [-0.05, 0) is 42.0 Å². The number of para-hydroxylation sites is 1. The Hall–Kier alpha value is -3.56. The fourth-order valence-electron chi connectivity index (χ4n) is 3.45. The first kappa shape index (κ1) is 19.7. The molecule has 0 saturated carbocycles. The van der Waals surface area contributed by atoms with Gasteiger partial charge in [-0.3, -0.25) is 9.69 Å². The molecular weight excluding hydrogens is 378 g/mol. The molecule has 1 aromatic heterocycles. The van der Waals surface area contributed by atoms with E-state index >= 15 is 0 Å². The summed E-state index contributed by atoms with van der Waals surface area (Å²) >= 11 is 0. The summed E-state index contributed by atoms with van der Waals surface area (Å²) in [5, 5.41) is 8.90. The summed E-state index contributed by atoms with van der Waals surface area (Å²) in [6.07, 6.45) is 0. The van der Waals surface area contributed by atoms with Crippen molar-refractivity contribution in [1.29, 1.82) is 5.26 Å². The lowest BCUT2D eigenvalue weighted by Gasteiger charge is -2.34. The van der Waals surface area contributed by atoms with Crippen LogP contribution < -0.4 is 4.74 Å². The van der Waals surface area contributed by atoms with Gasteiger partial charge >= 0.3 is 0 Å². The Kier molecular flexibility index (Phi) is 6.11. The molecule has 1 fully saturated rings. The van der Waals surface area contributed by atoms with E-state index in [1.54, 1.807) is 12.1 Å². The third-order valence-electron chi connectivity index (χ3n) is 5.15. The number of amides is 1. The van der Waals surface area contributed by atoms with Gasteiger partial charge in [-0.15, -0.1) is 0 Å². The van der Waals surface area contributed by atoms with E-state index in [9.17, 15) is 4.79 Å². The van der Waals surface area contributed by atoms with Gasteiger partial charge in [0.2, 0.25) is 0 Å². The maximum atomic E-state index is 12.8. The second-order valence-corrected chi connectivity index (χ2v) is 7.24. The minimum Gasteiger partial charge on any atom is -0.486 e. The van der Waals surface area contributed by atoms with E-state index in [1.807, 2.05) is 59.5 Å². The van der Waals surface area contributed by atoms with Gasteiger partial charge in [0.15, 0.2) is 5.76 Å². The average molecular weight is 401 g/mol. The number of hydrogen-bond acceptors (Lipinski definition) is 5. The van der Waals surface area contributed by atoms with Crippen LogP contribution in [0.1, 0.15) is 27.4 Å². The number of carbonyl (C=O) groups is 1. The van der Waals surface area contributed by atoms with E-state index in [0.717, 1.165) is 25.4 Å². The van der Waals surface area contributed by atoms with Crippen molar-refractivity contribution in [3.05, 3.63) is 89.4 Å². The van der Waals surface area contributed by atoms with Crippen molar-refractivity contribution in [3.8, 4) is 11.8 Å². The number of ether oxygens (including phenoxy) is 1. The molecular formula is C24H23N3O3. The molecule has 0 aliphatic carbocycles. The molecule has 6 heteroatoms. The summed E-state index contributed by atoms with van der Waals surface area (Å²) in [6, 6.07) is 22.8. The van der Waals surface area contributed by atoms with Crippen LogP contribution in [0.4, 0.5) is 0 Å². The Bertz CT molecular complexity index is 1010. The lowest BCUT2D eigenvalue weighted by atomic mass is 10.1. The molecule has 4 rings (SSSR count). The number of hydrogen-bond donors (Lipinski definition) is 0. The Morgan fingerprint density at radius 2 is 1.70 bits per heavy atom. The maximum absolute atomic E-state index is 12.8. The van der Waals surface area contributed by atoms with Crippen molar-refractivity contribution in [2.45, 2.75) is 13.2 Å². The molecule has 0 N–H and O–H groups in total. The third-order valence-corrected chi connectivity index (χ3v) is 5.15. The number of carbonyl (C=O) groups excluding carboxylic acids is 1. The van der Waals surface area contributed by atoms with Gasteiger partial charge in [0.25, 0.3) is 5.91 Å². The van der Waals surface area contributed by atoms with E-state index in [-0.39, 0.29) is 12.5 Å². The molecule has 152 valence electrons. The Morgan fingerprint density at radius 1 is 0.967 bits per heavy atom. The van der Waals surface area contributed by atoms with Crippen molar-refractivity contribution >= 4 is 5.91 Å². The number of furan rings is 1. The van der Waals surface area contributed by atoms with Crippen LogP contribution >= 0.6 is 0 Å². The Labute approximate surface area is 175 Å². The van der Waals surface area contributed by atoms with Gasteiger partial charge in [-0.25, -0.2) is 0 Å². The molecule has 30 heavy (non-hydrogen) atoms. The van der Waals surface area contributed by atoms with Crippen LogP contribution in [0.2, 0.25) is 0 Å². The summed E-state index contributed by atoms with van der Waals surface area (Å²) in [4.78, 5) is 16.9. The predicted molar refractivity (Wildman–Crippen MR) is 112 cm³/mol. The van der Waals surface area contributed by atoms with Crippen LogP contribution in [-0.2, 0) is 13.2 Å². The van der Waals surface area contributed by atoms with Gasteiger partial charge in [0.05, 0.1) is 11.6 Å². The number of benzene rings is 2. The van der Waals surface area contributed by atoms with Crippen LogP contribution in [-0.4, -0.2) is 41.9 Å². The van der Waals surface area contributed by atoms with Gasteiger partial charge in [-0.1, -0.05) is 30.3 Å². The first-order valence-corrected chi connectivity index (χ1v) is 9.98. The molecule has 3 aromatic rings. The summed E-state index contributed by atoms with van der Waals surface area (Å²) in [5.74, 6) is 1.66. The highest BCUT2D eigenvalue weighted by molar-refractivity contribution is 5.91. The highest BCUT2D eigenvalue weighted by atomic mass is 16.5. The van der Waals surface area contributed by atoms with Crippen LogP contribution in [0.25, 0.3) is 0 Å². The molecule has 0 radical (unpaired) electrons. The quantitative estimate of drug-likeness (QED) is 0.630. The highest BCUT2D eigenvalue weighted by Gasteiger charge is 2.24. The van der Waals surface area contributed by atoms with Crippen LogP contribution in [0.15, 0.2) is 71.1 Å². The molecule has 0 spiro atoms. The van der Waals surface area contributed by atoms with E-state index in [0.29, 0.717) is 30.2 Å². The summed E-state index contributed by atoms with van der Waals surface area (Å²) in [6.45, 7) is 4.02. The monoisotopic (exact) mass is 401 g/mol. The second kappa shape index (κ2) is 9.29. The SMILES string of the molecule is N#Cc1ccc(CN2CCN(C(=O)c3ccc(COc4ccccc4)o3)CC2)cc1. The van der Waals surface area contributed by atoms with E-state index in [2.05, 4.69) is 11.0 Å². The maximum Gasteiger partial charge on any atom is 0.289 e. The van der Waals surface area contributed by atoms with Gasteiger partial charge < -0.3 is 14.1 Å². The third kappa shape index (κ3) is 4.88. The normalized spacial score (nSPS) is 14.3. The molecule has 1 amide bonds. The van der Waals surface area contributed by atoms with Crippen molar-refractivity contribution in [2.75, 3.05) is 26.2 Å². The molecule has 2 aromatic carbocycles. The molecule has 1 aliphatic heterocycles. The molecule has 1 aliphatic rings. The molecule has 0 bridgehead atoms. The lowest BCUT2D eigenvalue weighted by Crippen LogP contribution is -2.48. The summed E-state index contributed by atoms with van der Waals surface area (Å²) in [5.41, 5.74) is 1.84. The molecule has 6 nitrogen and oxygen atoms in total. The van der Waals surface area contributed by atoms with E-state index in [1.165, 1.54) is 5.56 Å². The first-order valence-electron chi connectivity index (χ1n) is 9.98. The average Bonchev–Trinajstić information content (AvgIpc) is 3.28. The molecule has 2 heterocycles. The number of nitrogens with zero attached hydrogens (tertiary/aromatic N) is 3. The zero-order chi connectivity index (χ0) is 20.8. The first-order chi connectivity index (χ1) is 14.7. The predicted octanol–water partition coefficient (Wildman–Crippen LogP) is 3.69. The summed E-state index contributed by atoms with van der Waals surface area (Å²) in [7, 11) is 0. The van der Waals surface area contributed by atoms with Gasteiger partial charge in [0, 0.05) is 32.7 Å². The number of piperazine rings is 1. The van der Waals surface area contributed by atoms with Crippen molar-refractivity contribution in [3.63, 3.8) is 0 Å². The van der Waals surface area contributed by atoms with Crippen molar-refractivity contribution < 1.29 is 13.9 Å². The smallest absolute Gasteiger partial charge is 0.289 e. The molecule has 0 unspecified atom stereocenters. The fraction of sp³-hybridized carbons (Fsp3) is 0.250. The second-order valence-electron chi connectivity index (χ2n) is 7.24. The zero-order valence-electron chi connectivity index (χ0n) is 16.7. The van der Waals surface area contributed by atoms with Crippen molar-refractivity contribution in [1.82, 2.24) is 9.80 Å². The van der Waals surface area contributed by atoms with Gasteiger partial charge in [0.1, 0.15) is 18.1 Å². The number of rotatable bonds is 6. The van der Waals surface area contributed by atoms with Crippen LogP contribution in [0.5, 0.6) is 5.75 Å². The molecule has 1 saturated heterocycles. The number of nitriles is 1. The van der Waals surface area contributed by atoms with Gasteiger partial charge in [-0.2, -0.15) is 5.26 Å². The van der Waals surface area contributed by atoms with Crippen LogP contribution in [0.3, 0.4) is 0 Å². The standard InChI is InChI=1S/C24H23N3O3/c25-16-19-6-8-20(9-7-19)17-26-12-14-27(15-13-26)24(28)23-11-10-22(30-23)18-29-21-4-2-1-3-5-21/h1-11H,12-15,17-18H2. The highest BCUT2D eigenvalue weighted by Crippen LogP contribution is 2.17. The minimum atomic E-state index is -0.0843. The fourth-order valence-corrected chi connectivity index (χ4v) is 3.45. The Morgan fingerprint density at radius 3 is 2.40 bits per heavy atom. The van der Waals surface area contributed by atoms with Crippen LogP contribution in [0, 0.1) is 11.3 Å². The topological polar surface area (TPSA) is 69.7 Å². The summed E-state index contributed by atoms with van der Waals surface area (Å²) < 4.78 is 11.4. The van der Waals surface area contributed by atoms with E-state index in [4.69, 9.17) is 14.4 Å². The molecule has 0 atom stereocenters. The Balaban J connectivity index is 1.27.